The van der Waals surface area contributed by atoms with E-state index in [-0.39, 0.29) is 0 Å². The first-order valence-corrected chi connectivity index (χ1v) is 5.36. The van der Waals surface area contributed by atoms with Crippen molar-refractivity contribution in [1.82, 2.24) is 5.32 Å². The molecule has 92 valence electrons. The number of alkyl halides is 3. The molecular weight excluding hydrogens is 215 g/mol. The van der Waals surface area contributed by atoms with Crippen molar-refractivity contribution in [2.75, 3.05) is 13.1 Å². The third kappa shape index (κ3) is 15.4. The zero-order valence-corrected chi connectivity index (χ0v) is 9.21. The molecule has 0 aromatic heterocycles. The average molecular weight is 233 g/mol. The molecule has 0 unspecified atom stereocenters. The molecule has 1 N–H and O–H groups in total. The van der Waals surface area contributed by atoms with Crippen LogP contribution < -0.4 is 5.32 Å². The minimum absolute atomic E-state index is 1.25. The van der Waals surface area contributed by atoms with Crippen LogP contribution in [0.1, 0.15) is 19.3 Å². The molecule has 0 radical (unpaired) electrons. The summed E-state index contributed by atoms with van der Waals surface area (Å²) < 4.78 is 29.0. The number of piperidine rings is 1. The van der Waals surface area contributed by atoms with Gasteiger partial charge in [0.15, 0.2) is 0 Å². The van der Waals surface area contributed by atoms with E-state index < -0.39 is 6.68 Å². The van der Waals surface area contributed by atoms with Crippen LogP contribution in [-0.4, -0.2) is 19.8 Å². The lowest BCUT2D eigenvalue weighted by molar-refractivity contribution is 0.00819. The van der Waals surface area contributed by atoms with Crippen LogP contribution in [0.4, 0.5) is 13.2 Å². The molecule has 0 spiro atoms. The van der Waals surface area contributed by atoms with Gasteiger partial charge in [-0.15, -0.1) is 0 Å². The maximum absolute atomic E-state index is 9.67. The predicted molar refractivity (Wildman–Crippen MR) is 60.3 cm³/mol. The van der Waals surface area contributed by atoms with Gasteiger partial charge in [0.05, 0.1) is 0 Å². The number of nitrogens with one attached hydrogen (secondary N) is 1. The summed E-state index contributed by atoms with van der Waals surface area (Å²) >= 11 is 0. The first kappa shape index (κ1) is 15.0. The van der Waals surface area contributed by atoms with Gasteiger partial charge in [0.1, 0.15) is 0 Å². The van der Waals surface area contributed by atoms with Crippen molar-refractivity contribution in [1.29, 1.82) is 0 Å². The smallest absolute Gasteiger partial charge is 0.317 e. The van der Waals surface area contributed by atoms with Gasteiger partial charge in [-0.3, -0.25) is 0 Å². The van der Waals surface area contributed by atoms with Crippen molar-refractivity contribution in [3.05, 3.63) is 36.4 Å². The summed E-state index contributed by atoms with van der Waals surface area (Å²) in [6.07, 6.45) is 4.22. The number of benzene rings is 1. The fourth-order valence-corrected chi connectivity index (χ4v) is 1.19. The van der Waals surface area contributed by atoms with Crippen LogP contribution in [0.25, 0.3) is 0 Å². The third-order valence-corrected chi connectivity index (χ3v) is 1.87. The molecule has 0 bridgehead atoms. The Labute approximate surface area is 94.7 Å². The fourth-order valence-electron chi connectivity index (χ4n) is 1.19. The first-order chi connectivity index (χ1) is 7.73. The van der Waals surface area contributed by atoms with Crippen molar-refractivity contribution in [3.8, 4) is 0 Å². The number of hydrogen-bond acceptors (Lipinski definition) is 1. The van der Waals surface area contributed by atoms with Gasteiger partial charge in [-0.25, -0.2) is 0 Å². The lowest BCUT2D eigenvalue weighted by atomic mass is 10.2. The molecule has 1 heterocycles. The fraction of sp³-hybridized carbons (Fsp3) is 0.500. The van der Waals surface area contributed by atoms with Gasteiger partial charge >= 0.3 is 6.68 Å². The second kappa shape index (κ2) is 12.0. The van der Waals surface area contributed by atoms with Crippen molar-refractivity contribution >= 4 is 0 Å². The summed E-state index contributed by atoms with van der Waals surface area (Å²) in [5.74, 6) is 0. The van der Waals surface area contributed by atoms with Gasteiger partial charge in [-0.05, 0) is 25.9 Å². The van der Waals surface area contributed by atoms with Crippen LogP contribution in [0.15, 0.2) is 36.4 Å². The standard InChI is InChI=1S/C6H6.C5H11N.CHF3/c2*1-2-4-6-5-3-1;2-1(3)4/h1-6H;6H,1-5H2;1H. The second-order valence-corrected chi connectivity index (χ2v) is 3.21. The Morgan fingerprint density at radius 2 is 1.00 bits per heavy atom. The van der Waals surface area contributed by atoms with Gasteiger partial charge in [0.2, 0.25) is 0 Å². The maximum Gasteiger partial charge on any atom is 0.379 e. The lowest BCUT2D eigenvalue weighted by Gasteiger charge is -2.08. The SMILES string of the molecule is C1CCNCC1.FC(F)F.c1ccccc1. The third-order valence-electron chi connectivity index (χ3n) is 1.87. The van der Waals surface area contributed by atoms with Crippen LogP contribution in [0.3, 0.4) is 0 Å². The van der Waals surface area contributed by atoms with Gasteiger partial charge in [0.25, 0.3) is 0 Å². The molecule has 1 nitrogen and oxygen atoms in total. The molecule has 0 saturated carbocycles. The van der Waals surface area contributed by atoms with E-state index in [1.165, 1.54) is 32.4 Å². The quantitative estimate of drug-likeness (QED) is 0.721. The summed E-state index contributed by atoms with van der Waals surface area (Å²) in [5, 5.41) is 3.28. The minimum Gasteiger partial charge on any atom is -0.317 e. The molecule has 0 atom stereocenters. The topological polar surface area (TPSA) is 12.0 Å². The average Bonchev–Trinajstić information content (AvgIpc) is 2.34. The Kier molecular flexibility index (Phi) is 11.3. The molecule has 16 heavy (non-hydrogen) atoms. The van der Waals surface area contributed by atoms with Crippen LogP contribution in [-0.2, 0) is 0 Å². The Morgan fingerprint density at radius 3 is 1.12 bits per heavy atom. The van der Waals surface area contributed by atoms with Crippen molar-refractivity contribution < 1.29 is 13.2 Å². The number of halogens is 3. The Hall–Kier alpha value is -1.03. The normalized spacial score (nSPS) is 14.2. The Morgan fingerprint density at radius 1 is 0.688 bits per heavy atom. The molecule has 0 aliphatic carbocycles. The van der Waals surface area contributed by atoms with Crippen LogP contribution in [0.2, 0.25) is 0 Å². The zero-order chi connectivity index (χ0) is 12.1. The predicted octanol–water partition coefficient (Wildman–Crippen LogP) is 3.63. The first-order valence-electron chi connectivity index (χ1n) is 5.36. The molecule has 1 aliphatic rings. The lowest BCUT2D eigenvalue weighted by Crippen LogP contribution is -2.21. The molecule has 1 saturated heterocycles. The van der Waals surface area contributed by atoms with E-state index in [1.807, 2.05) is 36.4 Å². The molecule has 1 aromatic carbocycles. The highest BCUT2D eigenvalue weighted by Crippen LogP contribution is 1.96. The molecule has 4 heteroatoms. The number of rotatable bonds is 0. The van der Waals surface area contributed by atoms with Gasteiger partial charge in [-0.1, -0.05) is 42.8 Å². The van der Waals surface area contributed by atoms with Gasteiger partial charge in [0, 0.05) is 0 Å². The zero-order valence-electron chi connectivity index (χ0n) is 9.21. The monoisotopic (exact) mass is 233 g/mol. The minimum atomic E-state index is -3.67. The van der Waals surface area contributed by atoms with E-state index >= 15 is 0 Å². The number of hydrogen-bond donors (Lipinski definition) is 1. The molecular formula is C12H18F3N. The molecule has 1 fully saturated rings. The van der Waals surface area contributed by atoms with Crippen LogP contribution in [0, 0.1) is 0 Å². The summed E-state index contributed by atoms with van der Waals surface area (Å²) in [5.41, 5.74) is 0. The maximum atomic E-state index is 9.67. The molecule has 1 aliphatic heterocycles. The van der Waals surface area contributed by atoms with E-state index in [0.717, 1.165) is 0 Å². The van der Waals surface area contributed by atoms with Crippen molar-refractivity contribution in [2.45, 2.75) is 25.9 Å². The Balaban J connectivity index is 0.000000217. The summed E-state index contributed by atoms with van der Waals surface area (Å²) in [4.78, 5) is 0. The van der Waals surface area contributed by atoms with E-state index in [9.17, 15) is 13.2 Å². The van der Waals surface area contributed by atoms with Crippen LogP contribution >= 0.6 is 0 Å². The Bertz CT molecular complexity index is 172. The summed E-state index contributed by atoms with van der Waals surface area (Å²) in [6, 6.07) is 12.0. The summed E-state index contributed by atoms with van der Waals surface area (Å²) in [7, 11) is 0. The summed E-state index contributed by atoms with van der Waals surface area (Å²) in [6.45, 7) is -1.17. The van der Waals surface area contributed by atoms with Gasteiger partial charge < -0.3 is 5.32 Å². The molecule has 1 aromatic rings. The highest BCUT2D eigenvalue weighted by Gasteiger charge is 1.93. The highest BCUT2D eigenvalue weighted by atomic mass is 19.4. The van der Waals surface area contributed by atoms with Gasteiger partial charge in [-0.2, -0.15) is 13.2 Å². The van der Waals surface area contributed by atoms with E-state index in [1.54, 1.807) is 0 Å². The second-order valence-electron chi connectivity index (χ2n) is 3.21. The van der Waals surface area contributed by atoms with Crippen LogP contribution in [0.5, 0.6) is 0 Å². The van der Waals surface area contributed by atoms with E-state index in [0.29, 0.717) is 0 Å². The van der Waals surface area contributed by atoms with E-state index in [4.69, 9.17) is 0 Å². The highest BCUT2D eigenvalue weighted by molar-refractivity contribution is 4.99. The van der Waals surface area contributed by atoms with Crippen molar-refractivity contribution in [3.63, 3.8) is 0 Å². The van der Waals surface area contributed by atoms with Crippen molar-refractivity contribution in [2.24, 2.45) is 0 Å². The van der Waals surface area contributed by atoms with E-state index in [2.05, 4.69) is 5.32 Å². The molecule has 0 amide bonds. The molecule has 2 rings (SSSR count). The largest absolute Gasteiger partial charge is 0.379 e.